The zero-order chi connectivity index (χ0) is 41.2. The van der Waals surface area contributed by atoms with Gasteiger partial charge in [0, 0.05) is 17.7 Å². The lowest BCUT2D eigenvalue weighted by Gasteiger charge is -2.16. The maximum Gasteiger partial charge on any atom is 0.330 e. The van der Waals surface area contributed by atoms with Crippen LogP contribution in [0.25, 0.3) is 11.1 Å². The summed E-state index contributed by atoms with van der Waals surface area (Å²) in [7, 11) is 0. The normalized spacial score (nSPS) is 11.0. The van der Waals surface area contributed by atoms with Crippen molar-refractivity contribution in [1.82, 2.24) is 0 Å². The SMILES string of the molecule is C=CC(=O)OCCCCCCC(CCCCCCOC(=O)C=C)C(=O)OCCCCCCCCCCCCCCCCOc1ccc(-c2cccc(F)c2F)cc1. The van der Waals surface area contributed by atoms with Crippen LogP contribution in [-0.2, 0) is 28.6 Å². The van der Waals surface area contributed by atoms with Crippen molar-refractivity contribution in [2.75, 3.05) is 26.4 Å². The summed E-state index contributed by atoms with van der Waals surface area (Å²) in [4.78, 5) is 35.3. The van der Waals surface area contributed by atoms with E-state index in [4.69, 9.17) is 18.9 Å². The quantitative estimate of drug-likeness (QED) is 0.0294. The van der Waals surface area contributed by atoms with Crippen LogP contribution in [0.4, 0.5) is 8.78 Å². The third kappa shape index (κ3) is 24.4. The first kappa shape index (κ1) is 49.1. The lowest BCUT2D eigenvalue weighted by Crippen LogP contribution is -2.18. The molecule has 0 saturated heterocycles. The molecule has 318 valence electrons. The Kier molecular flexibility index (Phi) is 28.5. The second-order valence-electron chi connectivity index (χ2n) is 14.9. The van der Waals surface area contributed by atoms with E-state index < -0.39 is 23.6 Å². The van der Waals surface area contributed by atoms with Gasteiger partial charge in [-0.3, -0.25) is 4.79 Å². The minimum atomic E-state index is -0.844. The zero-order valence-electron chi connectivity index (χ0n) is 34.6. The molecule has 0 heterocycles. The van der Waals surface area contributed by atoms with Gasteiger partial charge in [-0.15, -0.1) is 0 Å². The predicted molar refractivity (Wildman–Crippen MR) is 225 cm³/mol. The topological polar surface area (TPSA) is 88.1 Å². The Morgan fingerprint density at radius 3 is 1.37 bits per heavy atom. The molecule has 9 heteroatoms. The van der Waals surface area contributed by atoms with Gasteiger partial charge in [-0.2, -0.15) is 0 Å². The fraction of sp³-hybridized carbons (Fsp3) is 0.604. The number of hydrogen-bond acceptors (Lipinski definition) is 7. The minimum absolute atomic E-state index is 0.0773. The third-order valence-corrected chi connectivity index (χ3v) is 10.2. The van der Waals surface area contributed by atoms with Gasteiger partial charge in [0.2, 0.25) is 0 Å². The smallest absolute Gasteiger partial charge is 0.330 e. The van der Waals surface area contributed by atoms with Crippen LogP contribution in [0.15, 0.2) is 67.8 Å². The van der Waals surface area contributed by atoms with Crippen LogP contribution in [0.2, 0.25) is 0 Å². The van der Waals surface area contributed by atoms with E-state index in [-0.39, 0.29) is 17.5 Å². The average Bonchev–Trinajstić information content (AvgIpc) is 3.22. The maximum atomic E-state index is 14.0. The molecule has 7 nitrogen and oxygen atoms in total. The second-order valence-corrected chi connectivity index (χ2v) is 14.9. The number of unbranched alkanes of at least 4 members (excludes halogenated alkanes) is 19. The molecule has 0 aliphatic heterocycles. The lowest BCUT2D eigenvalue weighted by atomic mass is 9.94. The third-order valence-electron chi connectivity index (χ3n) is 10.2. The summed E-state index contributed by atoms with van der Waals surface area (Å²) < 4.78 is 49.2. The predicted octanol–water partition coefficient (Wildman–Crippen LogP) is 13.0. The summed E-state index contributed by atoms with van der Waals surface area (Å²) in [6, 6.07) is 11.3. The molecule has 57 heavy (non-hydrogen) atoms. The highest BCUT2D eigenvalue weighted by Gasteiger charge is 2.19. The van der Waals surface area contributed by atoms with Gasteiger partial charge in [-0.05, 0) is 62.3 Å². The van der Waals surface area contributed by atoms with Gasteiger partial charge < -0.3 is 18.9 Å². The Morgan fingerprint density at radius 2 is 0.912 bits per heavy atom. The van der Waals surface area contributed by atoms with Crippen LogP contribution < -0.4 is 4.74 Å². The van der Waals surface area contributed by atoms with Crippen molar-refractivity contribution in [3.05, 3.63) is 79.4 Å². The highest BCUT2D eigenvalue weighted by atomic mass is 19.2. The van der Waals surface area contributed by atoms with Crippen molar-refractivity contribution in [2.24, 2.45) is 5.92 Å². The fourth-order valence-corrected chi connectivity index (χ4v) is 6.80. The van der Waals surface area contributed by atoms with Crippen LogP contribution in [0.1, 0.15) is 154 Å². The molecule has 0 saturated carbocycles. The van der Waals surface area contributed by atoms with Crippen LogP contribution in [0.5, 0.6) is 5.75 Å². The minimum Gasteiger partial charge on any atom is -0.494 e. The molecule has 0 N–H and O–H groups in total. The van der Waals surface area contributed by atoms with Crippen molar-refractivity contribution in [1.29, 1.82) is 0 Å². The van der Waals surface area contributed by atoms with Crippen LogP contribution >= 0.6 is 0 Å². The first-order chi connectivity index (χ1) is 27.8. The average molecular weight is 797 g/mol. The summed E-state index contributed by atoms with van der Waals surface area (Å²) in [5.74, 6) is -1.89. The van der Waals surface area contributed by atoms with Gasteiger partial charge >= 0.3 is 17.9 Å². The molecule has 0 fully saturated rings. The summed E-state index contributed by atoms with van der Waals surface area (Å²) >= 11 is 0. The van der Waals surface area contributed by atoms with E-state index >= 15 is 0 Å². The number of ether oxygens (including phenoxy) is 4. The molecule has 0 aromatic heterocycles. The summed E-state index contributed by atoms with van der Waals surface area (Å²) in [5, 5.41) is 0. The molecule has 0 unspecified atom stereocenters. The molecule has 0 aliphatic rings. The Morgan fingerprint density at radius 1 is 0.509 bits per heavy atom. The van der Waals surface area contributed by atoms with Crippen molar-refractivity contribution >= 4 is 17.9 Å². The van der Waals surface area contributed by atoms with Gasteiger partial charge in [0.05, 0.1) is 32.3 Å². The van der Waals surface area contributed by atoms with Gasteiger partial charge in [-0.1, -0.05) is 153 Å². The molecule has 0 atom stereocenters. The lowest BCUT2D eigenvalue weighted by molar-refractivity contribution is -0.149. The monoisotopic (exact) mass is 797 g/mol. The zero-order valence-corrected chi connectivity index (χ0v) is 34.6. The first-order valence-corrected chi connectivity index (χ1v) is 21.8. The molecular weight excluding hydrogens is 727 g/mol. The van der Waals surface area contributed by atoms with Gasteiger partial charge in [-0.25, -0.2) is 18.4 Å². The molecule has 2 aromatic carbocycles. The molecule has 0 spiro atoms. The molecule has 0 bridgehead atoms. The van der Waals surface area contributed by atoms with E-state index in [2.05, 4.69) is 13.2 Å². The Labute approximate surface area is 342 Å². The van der Waals surface area contributed by atoms with Crippen LogP contribution in [0.3, 0.4) is 0 Å². The number of hydrogen-bond donors (Lipinski definition) is 0. The van der Waals surface area contributed by atoms with Crippen LogP contribution in [-0.4, -0.2) is 44.3 Å². The van der Waals surface area contributed by atoms with Crippen molar-refractivity contribution in [2.45, 2.75) is 154 Å². The fourth-order valence-electron chi connectivity index (χ4n) is 6.80. The van der Waals surface area contributed by atoms with Crippen molar-refractivity contribution in [3.8, 4) is 16.9 Å². The number of benzene rings is 2. The Bertz CT molecular complexity index is 1360. The van der Waals surface area contributed by atoms with Crippen molar-refractivity contribution in [3.63, 3.8) is 0 Å². The molecule has 2 rings (SSSR count). The maximum absolute atomic E-state index is 14.0. The molecule has 2 aromatic rings. The van der Waals surface area contributed by atoms with E-state index in [1.165, 1.54) is 82.4 Å². The van der Waals surface area contributed by atoms with E-state index in [1.54, 1.807) is 30.3 Å². The van der Waals surface area contributed by atoms with E-state index in [1.807, 2.05) is 0 Å². The number of halogens is 2. The van der Waals surface area contributed by atoms with Crippen molar-refractivity contribution < 1.29 is 42.1 Å². The van der Waals surface area contributed by atoms with Gasteiger partial charge in [0.25, 0.3) is 0 Å². The molecule has 0 aliphatic carbocycles. The first-order valence-electron chi connectivity index (χ1n) is 21.8. The molecule has 0 radical (unpaired) electrons. The number of esters is 3. The number of carbonyl (C=O) groups is 3. The Balaban J connectivity index is 1.43. The van der Waals surface area contributed by atoms with E-state index in [0.29, 0.717) is 32.0 Å². The standard InChI is InChI=1S/C48H70F2O7/c1-3-45(51)55-37-24-19-15-21-28-41(29-22-16-20-25-38-56-46(52)4-2)48(53)57-39-26-18-14-12-10-8-6-5-7-9-11-13-17-23-36-54-42-34-32-40(33-35-42)43-30-27-31-44(49)47(43)50/h3-4,27,30-35,41H,1-2,5-26,28-29,36-39H2. The number of carbonyl (C=O) groups excluding carboxylic acids is 3. The van der Waals surface area contributed by atoms with Crippen LogP contribution in [0, 0.1) is 17.6 Å². The van der Waals surface area contributed by atoms with Gasteiger partial charge in [0.1, 0.15) is 5.75 Å². The van der Waals surface area contributed by atoms with E-state index in [9.17, 15) is 23.2 Å². The Hall–Kier alpha value is -4.01. The van der Waals surface area contributed by atoms with E-state index in [0.717, 1.165) is 102 Å². The summed E-state index contributed by atoms with van der Waals surface area (Å²) in [6.07, 6.45) is 28.0. The molecular formula is C48H70F2O7. The highest BCUT2D eigenvalue weighted by Crippen LogP contribution is 2.27. The summed E-state index contributed by atoms with van der Waals surface area (Å²) in [5.41, 5.74) is 0.881. The van der Waals surface area contributed by atoms with Gasteiger partial charge in [0.15, 0.2) is 11.6 Å². The second kappa shape index (κ2) is 33.0. The largest absolute Gasteiger partial charge is 0.494 e. The summed E-state index contributed by atoms with van der Waals surface area (Å²) in [6.45, 7) is 8.75. The highest BCUT2D eigenvalue weighted by molar-refractivity contribution is 5.81. The molecule has 0 amide bonds. The number of rotatable bonds is 36.